The third-order valence-corrected chi connectivity index (χ3v) is 4.03. The minimum absolute atomic E-state index is 0. The number of amides is 1. The molecule has 0 bridgehead atoms. The maximum atomic E-state index is 12.6. The maximum Gasteiger partial charge on any atom is 0.244 e. The fraction of sp³-hybridized carbons (Fsp3) is 0.588. The number of carbonyl (C=O) groups is 1. The minimum atomic E-state index is -0.507. The molecule has 0 aliphatic rings. The zero-order chi connectivity index (χ0) is 15.5. The number of carbonyl (C=O) groups excluding carboxylic acids is 1. The van der Waals surface area contributed by atoms with Crippen LogP contribution in [-0.4, -0.2) is 29.4 Å². The Morgan fingerprint density at radius 1 is 1.10 bits per heavy atom. The van der Waals surface area contributed by atoms with E-state index in [2.05, 4.69) is 43.1 Å². The van der Waals surface area contributed by atoms with Crippen LogP contribution in [0.2, 0.25) is 0 Å². The van der Waals surface area contributed by atoms with E-state index < -0.39 is 5.54 Å². The van der Waals surface area contributed by atoms with Crippen molar-refractivity contribution in [1.29, 1.82) is 0 Å². The SMILES string of the molecule is CCN(CC)C(C)(C)C(=O)Nc1c(C)cc(C)cc1C.Cl. The number of aryl methyl sites for hydroxylation is 3. The van der Waals surface area contributed by atoms with Crippen LogP contribution in [0.5, 0.6) is 0 Å². The Hall–Kier alpha value is -1.06. The lowest BCUT2D eigenvalue weighted by molar-refractivity contribution is -0.126. The highest BCUT2D eigenvalue weighted by atomic mass is 35.5. The Bertz CT molecular complexity index is 471. The van der Waals surface area contributed by atoms with Crippen LogP contribution in [0.1, 0.15) is 44.4 Å². The fourth-order valence-corrected chi connectivity index (χ4v) is 2.80. The molecule has 0 aromatic heterocycles. The number of hydrogen-bond acceptors (Lipinski definition) is 2. The number of nitrogens with zero attached hydrogens (tertiary/aromatic N) is 1. The average molecular weight is 313 g/mol. The van der Waals surface area contributed by atoms with E-state index in [4.69, 9.17) is 0 Å². The predicted octanol–water partition coefficient (Wildman–Crippen LogP) is 4.09. The molecule has 0 saturated carbocycles. The van der Waals surface area contributed by atoms with Gasteiger partial charge in [-0.3, -0.25) is 9.69 Å². The molecule has 120 valence electrons. The van der Waals surface area contributed by atoms with Crippen molar-refractivity contribution in [3.8, 4) is 0 Å². The third-order valence-electron chi connectivity index (χ3n) is 4.03. The number of hydrogen-bond donors (Lipinski definition) is 1. The van der Waals surface area contributed by atoms with Gasteiger partial charge in [0.15, 0.2) is 0 Å². The second-order valence-electron chi connectivity index (χ2n) is 5.96. The molecule has 1 aromatic rings. The molecule has 0 atom stereocenters. The van der Waals surface area contributed by atoms with Crippen LogP contribution in [0.25, 0.3) is 0 Å². The number of likely N-dealkylation sites (N-methyl/N-ethyl adjacent to an activating group) is 1. The van der Waals surface area contributed by atoms with Gasteiger partial charge in [0.25, 0.3) is 0 Å². The highest BCUT2D eigenvalue weighted by molar-refractivity contribution is 5.98. The molecule has 0 radical (unpaired) electrons. The zero-order valence-corrected chi connectivity index (χ0v) is 15.1. The fourth-order valence-electron chi connectivity index (χ4n) is 2.80. The lowest BCUT2D eigenvalue weighted by atomic mass is 9.99. The normalized spacial score (nSPS) is 11.2. The van der Waals surface area contributed by atoms with E-state index in [1.165, 1.54) is 5.56 Å². The molecule has 0 aliphatic heterocycles. The second-order valence-corrected chi connectivity index (χ2v) is 5.96. The predicted molar refractivity (Wildman–Crippen MR) is 93.5 cm³/mol. The van der Waals surface area contributed by atoms with E-state index in [-0.39, 0.29) is 18.3 Å². The Morgan fingerprint density at radius 2 is 1.52 bits per heavy atom. The number of benzene rings is 1. The van der Waals surface area contributed by atoms with Crippen LogP contribution in [-0.2, 0) is 4.79 Å². The number of halogens is 1. The van der Waals surface area contributed by atoms with E-state index in [1.54, 1.807) is 0 Å². The van der Waals surface area contributed by atoms with Gasteiger partial charge in [0, 0.05) is 5.69 Å². The molecule has 0 fully saturated rings. The largest absolute Gasteiger partial charge is 0.324 e. The van der Waals surface area contributed by atoms with Gasteiger partial charge in [-0.2, -0.15) is 0 Å². The molecular formula is C17H29ClN2O. The summed E-state index contributed by atoms with van der Waals surface area (Å²) >= 11 is 0. The molecule has 21 heavy (non-hydrogen) atoms. The van der Waals surface area contributed by atoms with Crippen molar-refractivity contribution in [2.24, 2.45) is 0 Å². The topological polar surface area (TPSA) is 32.3 Å². The molecule has 0 heterocycles. The Kier molecular flexibility index (Phi) is 7.41. The third kappa shape index (κ3) is 4.45. The van der Waals surface area contributed by atoms with Crippen molar-refractivity contribution >= 4 is 24.0 Å². The van der Waals surface area contributed by atoms with Gasteiger partial charge in [-0.25, -0.2) is 0 Å². The summed E-state index contributed by atoms with van der Waals surface area (Å²) in [6.07, 6.45) is 0. The van der Waals surface area contributed by atoms with Gasteiger partial charge >= 0.3 is 0 Å². The second kappa shape index (κ2) is 7.81. The van der Waals surface area contributed by atoms with Crippen LogP contribution in [0, 0.1) is 20.8 Å². The average Bonchev–Trinajstić information content (AvgIpc) is 2.34. The molecule has 0 aliphatic carbocycles. The van der Waals surface area contributed by atoms with E-state index >= 15 is 0 Å². The highest BCUT2D eigenvalue weighted by Gasteiger charge is 2.33. The monoisotopic (exact) mass is 312 g/mol. The number of anilines is 1. The van der Waals surface area contributed by atoms with Gasteiger partial charge < -0.3 is 5.32 Å². The number of nitrogens with one attached hydrogen (secondary N) is 1. The molecule has 1 aromatic carbocycles. The first kappa shape index (κ1) is 19.9. The van der Waals surface area contributed by atoms with Crippen molar-refractivity contribution in [1.82, 2.24) is 4.90 Å². The highest BCUT2D eigenvalue weighted by Crippen LogP contribution is 2.24. The van der Waals surface area contributed by atoms with Crippen LogP contribution >= 0.6 is 12.4 Å². The molecule has 1 rings (SSSR count). The minimum Gasteiger partial charge on any atom is -0.324 e. The Labute approximate surface area is 135 Å². The summed E-state index contributed by atoms with van der Waals surface area (Å²) in [5.74, 6) is 0.0521. The first-order chi connectivity index (χ1) is 9.23. The molecule has 3 nitrogen and oxygen atoms in total. The van der Waals surface area contributed by atoms with Gasteiger partial charge in [-0.1, -0.05) is 31.5 Å². The first-order valence-corrected chi connectivity index (χ1v) is 7.38. The number of rotatable bonds is 5. The quantitative estimate of drug-likeness (QED) is 0.888. The summed E-state index contributed by atoms with van der Waals surface area (Å²) in [6.45, 7) is 16.0. The van der Waals surface area contributed by atoms with Crippen molar-refractivity contribution in [2.45, 2.75) is 54.0 Å². The van der Waals surface area contributed by atoms with Crippen LogP contribution in [0.4, 0.5) is 5.69 Å². The van der Waals surface area contributed by atoms with Gasteiger partial charge in [0.05, 0.1) is 5.54 Å². The zero-order valence-electron chi connectivity index (χ0n) is 14.3. The first-order valence-electron chi connectivity index (χ1n) is 7.38. The Morgan fingerprint density at radius 3 is 1.90 bits per heavy atom. The summed E-state index contributed by atoms with van der Waals surface area (Å²) < 4.78 is 0. The standard InChI is InChI=1S/C17H28N2O.ClH/c1-8-19(9-2)17(6,7)16(20)18-15-13(4)10-12(3)11-14(15)5;/h10-11H,8-9H2,1-7H3,(H,18,20);1H. The molecule has 1 N–H and O–H groups in total. The van der Waals surface area contributed by atoms with Crippen molar-refractivity contribution < 1.29 is 4.79 Å². The Balaban J connectivity index is 0.00000400. The summed E-state index contributed by atoms with van der Waals surface area (Å²) in [5.41, 5.74) is 3.90. The summed E-state index contributed by atoms with van der Waals surface area (Å²) in [7, 11) is 0. The van der Waals surface area contributed by atoms with E-state index in [1.807, 2.05) is 27.7 Å². The van der Waals surface area contributed by atoms with Gasteiger partial charge in [-0.05, 0) is 58.8 Å². The van der Waals surface area contributed by atoms with Crippen LogP contribution in [0.15, 0.2) is 12.1 Å². The van der Waals surface area contributed by atoms with E-state index in [0.29, 0.717) is 0 Å². The lowest BCUT2D eigenvalue weighted by Gasteiger charge is -2.36. The maximum absolute atomic E-state index is 12.6. The van der Waals surface area contributed by atoms with Gasteiger partial charge in [0.2, 0.25) is 5.91 Å². The molecule has 4 heteroatoms. The van der Waals surface area contributed by atoms with E-state index in [0.717, 1.165) is 29.9 Å². The van der Waals surface area contributed by atoms with Crippen molar-refractivity contribution in [2.75, 3.05) is 18.4 Å². The summed E-state index contributed by atoms with van der Waals surface area (Å²) in [4.78, 5) is 14.8. The summed E-state index contributed by atoms with van der Waals surface area (Å²) in [5, 5.41) is 3.11. The molecule has 1 amide bonds. The van der Waals surface area contributed by atoms with Gasteiger partial charge in [-0.15, -0.1) is 12.4 Å². The molecular weight excluding hydrogens is 284 g/mol. The van der Waals surface area contributed by atoms with Crippen molar-refractivity contribution in [3.05, 3.63) is 28.8 Å². The van der Waals surface area contributed by atoms with Crippen LogP contribution < -0.4 is 5.32 Å². The smallest absolute Gasteiger partial charge is 0.244 e. The van der Waals surface area contributed by atoms with E-state index in [9.17, 15) is 4.79 Å². The van der Waals surface area contributed by atoms with Crippen LogP contribution in [0.3, 0.4) is 0 Å². The lowest BCUT2D eigenvalue weighted by Crippen LogP contribution is -2.52. The molecule has 0 unspecified atom stereocenters. The summed E-state index contributed by atoms with van der Waals surface area (Å²) in [6, 6.07) is 4.21. The van der Waals surface area contributed by atoms with Gasteiger partial charge in [0.1, 0.15) is 0 Å². The molecule has 0 saturated heterocycles. The van der Waals surface area contributed by atoms with Crippen molar-refractivity contribution in [3.63, 3.8) is 0 Å². The molecule has 0 spiro atoms.